The molecule has 1 N–H and O–H groups in total. The first-order valence-electron chi connectivity index (χ1n) is 10.1. The first kappa shape index (κ1) is 20.2. The number of nitrogens with one attached hydrogen (secondary N) is 1. The fraction of sp³-hybridized carbons (Fsp3) is 0.250. The fourth-order valence-corrected chi connectivity index (χ4v) is 4.30. The second-order valence-electron chi connectivity index (χ2n) is 7.35. The summed E-state index contributed by atoms with van der Waals surface area (Å²) in [5.41, 5.74) is 0.971. The number of nitrogens with zero attached hydrogens (tertiary/aromatic N) is 1. The highest BCUT2D eigenvalue weighted by Crippen LogP contribution is 2.23. The molecule has 0 radical (unpaired) electrons. The van der Waals surface area contributed by atoms with Crippen molar-refractivity contribution in [2.45, 2.75) is 19.4 Å². The van der Waals surface area contributed by atoms with E-state index in [0.29, 0.717) is 19.6 Å². The number of piperidine rings is 1. The Bertz CT molecular complexity index is 989. The summed E-state index contributed by atoms with van der Waals surface area (Å²) in [6, 6.07) is 21.0. The molecule has 1 saturated heterocycles. The number of amides is 2. The molecule has 0 saturated carbocycles. The number of hydrogen-bond acceptors (Lipinski definition) is 4. The van der Waals surface area contributed by atoms with Gasteiger partial charge in [-0.2, -0.15) is 0 Å². The molecule has 1 fully saturated rings. The highest BCUT2D eigenvalue weighted by molar-refractivity contribution is 7.12. The largest absolute Gasteiger partial charge is 0.457 e. The molecule has 0 bridgehead atoms. The van der Waals surface area contributed by atoms with E-state index in [1.54, 1.807) is 4.90 Å². The summed E-state index contributed by atoms with van der Waals surface area (Å²) in [6.07, 6.45) is 1.65. The predicted molar refractivity (Wildman–Crippen MR) is 118 cm³/mol. The van der Waals surface area contributed by atoms with Crippen molar-refractivity contribution in [1.82, 2.24) is 10.2 Å². The van der Waals surface area contributed by atoms with Crippen LogP contribution < -0.4 is 10.1 Å². The van der Waals surface area contributed by atoms with Gasteiger partial charge in [0.2, 0.25) is 5.91 Å². The fourth-order valence-electron chi connectivity index (χ4n) is 3.61. The van der Waals surface area contributed by atoms with Crippen LogP contribution in [0.2, 0.25) is 0 Å². The Morgan fingerprint density at radius 2 is 1.87 bits per heavy atom. The smallest absolute Gasteiger partial charge is 0.263 e. The quantitative estimate of drug-likeness (QED) is 0.628. The minimum absolute atomic E-state index is 0.00643. The molecule has 2 heterocycles. The van der Waals surface area contributed by atoms with E-state index in [-0.39, 0.29) is 17.7 Å². The number of likely N-dealkylation sites (tertiary alicyclic amines) is 1. The minimum atomic E-state index is -0.175. The summed E-state index contributed by atoms with van der Waals surface area (Å²) in [4.78, 5) is 27.8. The molecule has 5 nitrogen and oxygen atoms in total. The second kappa shape index (κ2) is 9.59. The molecule has 2 aromatic carbocycles. The number of carbonyl (C=O) groups excluding carboxylic acids is 2. The van der Waals surface area contributed by atoms with Crippen LogP contribution in [-0.4, -0.2) is 29.8 Å². The van der Waals surface area contributed by atoms with Gasteiger partial charge in [-0.25, -0.2) is 0 Å². The number of carbonyl (C=O) groups is 2. The molecular weight excluding hydrogens is 396 g/mol. The van der Waals surface area contributed by atoms with E-state index in [9.17, 15) is 9.59 Å². The van der Waals surface area contributed by atoms with Crippen molar-refractivity contribution in [2.24, 2.45) is 5.92 Å². The molecule has 6 heteroatoms. The second-order valence-corrected chi connectivity index (χ2v) is 8.30. The van der Waals surface area contributed by atoms with Crippen LogP contribution >= 0.6 is 11.3 Å². The molecule has 0 spiro atoms. The predicted octanol–water partition coefficient (Wildman–Crippen LogP) is 4.71. The van der Waals surface area contributed by atoms with Crippen LogP contribution in [0, 0.1) is 5.92 Å². The summed E-state index contributed by atoms with van der Waals surface area (Å²) >= 11 is 1.44. The molecule has 3 aromatic rings. The molecule has 154 valence electrons. The molecule has 1 aliphatic rings. The molecule has 2 amide bonds. The maximum absolute atomic E-state index is 12.7. The van der Waals surface area contributed by atoms with Gasteiger partial charge in [-0.05, 0) is 54.1 Å². The van der Waals surface area contributed by atoms with Crippen LogP contribution in [0.25, 0.3) is 0 Å². The van der Waals surface area contributed by atoms with Gasteiger partial charge in [0, 0.05) is 19.6 Å². The van der Waals surface area contributed by atoms with Gasteiger partial charge >= 0.3 is 0 Å². The van der Waals surface area contributed by atoms with Gasteiger partial charge in [-0.3, -0.25) is 9.59 Å². The number of rotatable bonds is 6. The lowest BCUT2D eigenvalue weighted by Gasteiger charge is -2.31. The van der Waals surface area contributed by atoms with Crippen molar-refractivity contribution >= 4 is 23.2 Å². The van der Waals surface area contributed by atoms with Crippen molar-refractivity contribution in [1.29, 1.82) is 0 Å². The maximum Gasteiger partial charge on any atom is 0.263 e. The third-order valence-corrected chi connectivity index (χ3v) is 6.01. The number of ether oxygens (including phenoxy) is 1. The highest BCUT2D eigenvalue weighted by Gasteiger charge is 2.29. The summed E-state index contributed by atoms with van der Waals surface area (Å²) in [7, 11) is 0. The lowest BCUT2D eigenvalue weighted by atomic mass is 9.97. The average molecular weight is 421 g/mol. The van der Waals surface area contributed by atoms with Gasteiger partial charge in [0.15, 0.2) is 0 Å². The first-order chi connectivity index (χ1) is 14.7. The summed E-state index contributed by atoms with van der Waals surface area (Å²) < 4.78 is 5.86. The zero-order chi connectivity index (χ0) is 20.8. The maximum atomic E-state index is 12.7. The van der Waals surface area contributed by atoms with Crippen molar-refractivity contribution in [2.75, 3.05) is 13.1 Å². The Kier molecular flexibility index (Phi) is 6.44. The van der Waals surface area contributed by atoms with Crippen molar-refractivity contribution in [3.05, 3.63) is 82.6 Å². The van der Waals surface area contributed by atoms with Gasteiger partial charge in [-0.1, -0.05) is 36.4 Å². The number of para-hydroxylation sites is 1. The van der Waals surface area contributed by atoms with Crippen LogP contribution in [0.1, 0.15) is 28.1 Å². The zero-order valence-electron chi connectivity index (χ0n) is 16.6. The first-order valence-corrected chi connectivity index (χ1v) is 11.0. The van der Waals surface area contributed by atoms with Gasteiger partial charge in [-0.15, -0.1) is 11.3 Å². The molecule has 30 heavy (non-hydrogen) atoms. The van der Waals surface area contributed by atoms with E-state index >= 15 is 0 Å². The SMILES string of the molecule is O=C(NCc1cccc(Oc2ccccc2)c1)C1CCCN(C(=O)c2cccs2)C1. The van der Waals surface area contributed by atoms with Crippen LogP contribution in [0.4, 0.5) is 0 Å². The normalized spacial score (nSPS) is 16.1. The van der Waals surface area contributed by atoms with E-state index in [4.69, 9.17) is 4.74 Å². The molecule has 1 unspecified atom stereocenters. The van der Waals surface area contributed by atoms with Crippen molar-refractivity contribution in [3.8, 4) is 11.5 Å². The third-order valence-electron chi connectivity index (χ3n) is 5.16. The lowest BCUT2D eigenvalue weighted by molar-refractivity contribution is -0.126. The lowest BCUT2D eigenvalue weighted by Crippen LogP contribution is -2.45. The van der Waals surface area contributed by atoms with Gasteiger partial charge < -0.3 is 15.0 Å². The van der Waals surface area contributed by atoms with Crippen molar-refractivity contribution in [3.63, 3.8) is 0 Å². The minimum Gasteiger partial charge on any atom is -0.457 e. The van der Waals surface area contributed by atoms with Crippen LogP contribution in [-0.2, 0) is 11.3 Å². The van der Waals surface area contributed by atoms with E-state index in [1.165, 1.54) is 11.3 Å². The number of hydrogen-bond donors (Lipinski definition) is 1. The van der Waals surface area contributed by atoms with Gasteiger partial charge in [0.05, 0.1) is 10.8 Å². The van der Waals surface area contributed by atoms with Crippen LogP contribution in [0.15, 0.2) is 72.1 Å². The summed E-state index contributed by atoms with van der Waals surface area (Å²) in [6.45, 7) is 1.61. The Morgan fingerprint density at radius 1 is 1.03 bits per heavy atom. The molecule has 1 aliphatic heterocycles. The zero-order valence-corrected chi connectivity index (χ0v) is 17.4. The Morgan fingerprint density at radius 3 is 2.67 bits per heavy atom. The molecule has 0 aliphatic carbocycles. The third kappa shape index (κ3) is 5.07. The average Bonchev–Trinajstić information content (AvgIpc) is 3.33. The number of benzene rings is 2. The number of thiophene rings is 1. The topological polar surface area (TPSA) is 58.6 Å². The molecule has 1 atom stereocenters. The summed E-state index contributed by atoms with van der Waals surface area (Å²) in [5.74, 6) is 1.35. The molecular formula is C24H24N2O3S. The van der Waals surface area contributed by atoms with E-state index < -0.39 is 0 Å². The van der Waals surface area contributed by atoms with Crippen LogP contribution in [0.5, 0.6) is 11.5 Å². The van der Waals surface area contributed by atoms with E-state index in [0.717, 1.165) is 34.8 Å². The Balaban J connectivity index is 1.32. The molecule has 4 rings (SSSR count). The highest BCUT2D eigenvalue weighted by atomic mass is 32.1. The Hall–Kier alpha value is -3.12. The van der Waals surface area contributed by atoms with Gasteiger partial charge in [0.1, 0.15) is 11.5 Å². The van der Waals surface area contributed by atoms with Crippen LogP contribution in [0.3, 0.4) is 0 Å². The van der Waals surface area contributed by atoms with E-state index in [1.807, 2.05) is 72.1 Å². The molecule has 1 aromatic heterocycles. The summed E-state index contributed by atoms with van der Waals surface area (Å²) in [5, 5.41) is 4.92. The van der Waals surface area contributed by atoms with E-state index in [2.05, 4.69) is 5.32 Å². The van der Waals surface area contributed by atoms with Crippen molar-refractivity contribution < 1.29 is 14.3 Å². The standard InChI is InChI=1S/C24H24N2O3S/c27-23(19-8-5-13-26(17-19)24(28)22-12-6-14-30-22)25-16-18-7-4-11-21(15-18)29-20-9-2-1-3-10-20/h1-4,6-7,9-12,14-15,19H,5,8,13,16-17H2,(H,25,27). The van der Waals surface area contributed by atoms with Gasteiger partial charge in [0.25, 0.3) is 5.91 Å². The monoisotopic (exact) mass is 420 g/mol. The Labute approximate surface area is 180 Å².